The van der Waals surface area contributed by atoms with E-state index < -0.39 is 53.6 Å². The highest BCUT2D eigenvalue weighted by molar-refractivity contribution is 5.98. The monoisotopic (exact) mass is 1300 g/mol. The highest BCUT2D eigenvalue weighted by atomic mass is 16.6. The number of carbonyl (C=O) groups is 7. The van der Waals surface area contributed by atoms with Gasteiger partial charge in [0.25, 0.3) is 0 Å². The molecule has 29 nitrogen and oxygen atoms in total. The van der Waals surface area contributed by atoms with Crippen molar-refractivity contribution < 1.29 is 66.7 Å². The number of rotatable bonds is 43. The number of hydrogen-bond donors (Lipinski definition) is 10. The zero-order chi connectivity index (χ0) is 67.0. The highest BCUT2D eigenvalue weighted by Gasteiger charge is 2.48. The molecule has 6 rings (SSSR count). The van der Waals surface area contributed by atoms with Crippen LogP contribution in [0.25, 0.3) is 11.0 Å². The van der Waals surface area contributed by atoms with E-state index >= 15 is 0 Å². The van der Waals surface area contributed by atoms with Crippen LogP contribution < -0.4 is 59.2 Å². The van der Waals surface area contributed by atoms with Crippen LogP contribution in [-0.4, -0.2) is 209 Å². The van der Waals surface area contributed by atoms with Crippen molar-refractivity contribution in [1.29, 1.82) is 0 Å². The topological polar surface area (TPSA) is 384 Å². The average Bonchev–Trinajstić information content (AvgIpc) is 1.35. The van der Waals surface area contributed by atoms with E-state index in [1.807, 2.05) is 12.3 Å². The number of nitrogens with zero attached hydrogens (tertiary/aromatic N) is 5. The number of aromatic nitrogens is 3. The Balaban J connectivity index is 0.868. The third kappa shape index (κ3) is 25.5. The van der Waals surface area contributed by atoms with E-state index in [0.29, 0.717) is 109 Å². The van der Waals surface area contributed by atoms with Crippen LogP contribution in [0, 0.1) is 5.92 Å². The zero-order valence-corrected chi connectivity index (χ0v) is 54.7. The summed E-state index contributed by atoms with van der Waals surface area (Å²) in [5.41, 5.74) is 21.2. The van der Waals surface area contributed by atoms with Crippen LogP contribution in [0.1, 0.15) is 102 Å². The minimum Gasteiger partial charge on any atom is -0.496 e. The lowest BCUT2D eigenvalue weighted by atomic mass is 9.91. The van der Waals surface area contributed by atoms with Gasteiger partial charge in [-0.3, -0.25) is 28.9 Å². The molecule has 93 heavy (non-hydrogen) atoms. The molecule has 2 saturated heterocycles. The number of amides is 8. The number of hydrogen-bond acceptors (Lipinski definition) is 20. The Morgan fingerprint density at radius 3 is 2.09 bits per heavy atom. The first-order valence-corrected chi connectivity index (χ1v) is 32.3. The third-order valence-electron chi connectivity index (χ3n) is 15.6. The molecule has 3 atom stereocenters. The van der Waals surface area contributed by atoms with Gasteiger partial charge in [0.2, 0.25) is 35.5 Å². The number of benzene rings is 2. The summed E-state index contributed by atoms with van der Waals surface area (Å²) < 4.78 is 42.2. The van der Waals surface area contributed by atoms with E-state index in [4.69, 9.17) is 50.4 Å². The van der Waals surface area contributed by atoms with Gasteiger partial charge in [0.15, 0.2) is 5.82 Å². The lowest BCUT2D eigenvalue weighted by molar-refractivity contribution is -0.181. The molecule has 2 aliphatic heterocycles. The van der Waals surface area contributed by atoms with Crippen LogP contribution >= 0.6 is 0 Å². The number of nitrogen functional groups attached to an aromatic ring is 1. The predicted octanol–water partition coefficient (Wildman–Crippen LogP) is 3.11. The number of unbranched alkanes of at least 4 members (excludes halogenated alkanes) is 3. The summed E-state index contributed by atoms with van der Waals surface area (Å²) in [4.78, 5) is 102. The first kappa shape index (κ1) is 74.1. The number of nitrogens with one attached hydrogen (secondary N) is 7. The Hall–Kier alpha value is -7.93. The fraction of sp³-hybridized carbons (Fsp3) is 0.609. The number of morpholine rings is 1. The Kier molecular flexibility index (Phi) is 31.5. The molecule has 4 heterocycles. The Labute approximate surface area is 544 Å². The number of ether oxygens (including phenoxy) is 7. The molecule has 1 spiro atoms. The molecule has 2 aliphatic rings. The van der Waals surface area contributed by atoms with Crippen molar-refractivity contribution >= 4 is 70.1 Å². The maximum atomic E-state index is 13.8. The summed E-state index contributed by atoms with van der Waals surface area (Å²) in [5, 5.41) is 19.8. The van der Waals surface area contributed by atoms with Crippen LogP contribution in [0.15, 0.2) is 54.7 Å². The van der Waals surface area contributed by atoms with Gasteiger partial charge in [-0.15, -0.1) is 0 Å². The molecule has 13 N–H and O–H groups in total. The third-order valence-corrected chi connectivity index (χ3v) is 15.6. The summed E-state index contributed by atoms with van der Waals surface area (Å²) in [6.45, 7) is 14.6. The van der Waals surface area contributed by atoms with E-state index in [1.54, 1.807) is 50.1 Å². The summed E-state index contributed by atoms with van der Waals surface area (Å²) >= 11 is 0. The van der Waals surface area contributed by atoms with Gasteiger partial charge in [-0.05, 0) is 86.4 Å². The van der Waals surface area contributed by atoms with Gasteiger partial charge in [0.1, 0.15) is 41.6 Å². The summed E-state index contributed by atoms with van der Waals surface area (Å²) in [7, 11) is 1.67. The first-order valence-electron chi connectivity index (χ1n) is 32.3. The van der Waals surface area contributed by atoms with Gasteiger partial charge < -0.3 is 97.0 Å². The maximum absolute atomic E-state index is 13.8. The van der Waals surface area contributed by atoms with Crippen molar-refractivity contribution in [2.45, 2.75) is 129 Å². The maximum Gasteiger partial charge on any atom is 0.410 e. The zero-order valence-electron chi connectivity index (χ0n) is 54.7. The molecule has 0 aliphatic carbocycles. The second kappa shape index (κ2) is 39.6. The number of methoxy groups -OCH3 is 1. The Morgan fingerprint density at radius 2 is 1.41 bits per heavy atom. The van der Waals surface area contributed by atoms with Crippen molar-refractivity contribution in [1.82, 2.24) is 50.9 Å². The van der Waals surface area contributed by atoms with Crippen molar-refractivity contribution in [2.75, 3.05) is 135 Å². The summed E-state index contributed by atoms with van der Waals surface area (Å²) in [6.07, 6.45) is 7.20. The van der Waals surface area contributed by atoms with Gasteiger partial charge in [0, 0.05) is 76.6 Å². The fourth-order valence-electron chi connectivity index (χ4n) is 10.8. The molecule has 29 heteroatoms. The van der Waals surface area contributed by atoms with Crippen molar-refractivity contribution in [2.24, 2.45) is 17.4 Å². The number of fused-ring (bicyclic) bond motifs is 1. The van der Waals surface area contributed by atoms with E-state index in [1.165, 1.54) is 6.92 Å². The largest absolute Gasteiger partial charge is 0.496 e. The van der Waals surface area contributed by atoms with Crippen molar-refractivity contribution in [3.8, 4) is 5.75 Å². The van der Waals surface area contributed by atoms with Gasteiger partial charge in [-0.1, -0.05) is 57.9 Å². The first-order chi connectivity index (χ1) is 44.9. The molecule has 0 radical (unpaired) electrons. The predicted molar refractivity (Wildman–Crippen MR) is 350 cm³/mol. The smallest absolute Gasteiger partial charge is 0.410 e. The lowest BCUT2D eigenvalue weighted by Crippen LogP contribution is -2.70. The number of primary amides is 1. The molecule has 2 fully saturated rings. The SMILES string of the molecule is CCCCCNc1nc(N)nc2ccn(Cc3ccc(CN4CC5(C4)CN(C(=O)OCc4ccc(NC(=O)[C@H](CCCNC(N)=O)NC(=O)[C@@H](NC(=O)CCOCCOCCOCCOCCNC(=O)[C@@H](CCCCN)NC(C)=O)C(C)C)cc4)CCO5)cc3OC)c12. The number of nitrogens with two attached hydrogens (primary N) is 3. The van der Waals surface area contributed by atoms with Crippen LogP contribution in [0.2, 0.25) is 0 Å². The van der Waals surface area contributed by atoms with E-state index in [-0.39, 0.29) is 82.6 Å². The minimum atomic E-state index is -1.06. The second-order valence-corrected chi connectivity index (χ2v) is 23.5. The normalized spacial score (nSPS) is 14.6. The number of carbonyl (C=O) groups excluding carboxylic acids is 7. The fourth-order valence-corrected chi connectivity index (χ4v) is 10.8. The molecule has 2 aromatic heterocycles. The average molecular weight is 1300 g/mol. The molecule has 2 aromatic carbocycles. The molecule has 514 valence electrons. The molecular formula is C64H99N15O14. The standard InChI is InChI=1S/C64H99N15O14/c1-6-7-10-23-68-57-56-50(74-61(66)76-57)20-26-78(56)39-48-17-14-47(37-53(48)87-5)38-77-41-64(42-77)43-79(27-30-93-64)63(86)92-40-46-15-18-49(19-16-46)72-59(83)52(13-11-24-70-62(67)85)73-60(84)55(44(2)3)75-54(81)21-28-88-31-33-90-35-36-91-34-32-89-29-25-69-58(82)51(71-45(4)80)12-8-9-22-65/h14-20,26,37,44,51-52,55H,6-13,21-25,27-36,38-43,65H2,1-5H3,(H,69,82)(H,71,80)(H,72,83)(H,73,84)(H,75,81)(H3,67,70,85)(H3,66,68,74,76)/t51-,52+,55+/m1/s1. The number of likely N-dealkylation sites (tertiary alicyclic amines) is 1. The number of urea groups is 1. The van der Waals surface area contributed by atoms with Gasteiger partial charge in [-0.25, -0.2) is 14.6 Å². The van der Waals surface area contributed by atoms with Crippen LogP contribution in [-0.2, 0) is 72.1 Å². The van der Waals surface area contributed by atoms with Gasteiger partial charge in [-0.2, -0.15) is 4.98 Å². The van der Waals surface area contributed by atoms with E-state index in [0.717, 1.165) is 66.6 Å². The van der Waals surface area contributed by atoms with Crippen LogP contribution in [0.5, 0.6) is 5.75 Å². The molecule has 0 unspecified atom stereocenters. The van der Waals surface area contributed by atoms with Gasteiger partial charge in [0.05, 0.1) is 85.2 Å². The molecule has 0 saturated carbocycles. The van der Waals surface area contributed by atoms with Crippen molar-refractivity contribution in [3.63, 3.8) is 0 Å². The van der Waals surface area contributed by atoms with E-state index in [9.17, 15) is 33.6 Å². The van der Waals surface area contributed by atoms with Crippen LogP contribution in [0.3, 0.4) is 0 Å². The Bertz CT molecular complexity index is 3000. The quantitative estimate of drug-likeness (QED) is 0.0285. The number of anilines is 3. The minimum absolute atomic E-state index is 0.0137. The van der Waals surface area contributed by atoms with E-state index in [2.05, 4.69) is 81.8 Å². The molecule has 8 amide bonds. The summed E-state index contributed by atoms with van der Waals surface area (Å²) in [5.74, 6) is -0.708. The summed E-state index contributed by atoms with van der Waals surface area (Å²) in [6, 6.07) is 11.6. The second-order valence-electron chi connectivity index (χ2n) is 23.5. The molecule has 4 aromatic rings. The molecule has 0 bridgehead atoms. The highest BCUT2D eigenvalue weighted by Crippen LogP contribution is 2.33. The lowest BCUT2D eigenvalue weighted by Gasteiger charge is -2.53. The van der Waals surface area contributed by atoms with Crippen molar-refractivity contribution in [3.05, 3.63) is 71.4 Å². The molecular weight excluding hydrogens is 1200 g/mol. The van der Waals surface area contributed by atoms with Gasteiger partial charge >= 0.3 is 12.1 Å². The van der Waals surface area contributed by atoms with Crippen LogP contribution in [0.4, 0.5) is 27.0 Å². The Morgan fingerprint density at radius 1 is 0.720 bits per heavy atom.